The molecule has 2 rings (SSSR count). The Bertz CT molecular complexity index is 643. The molecule has 0 spiro atoms. The number of rotatable bonds is 4. The highest BCUT2D eigenvalue weighted by Gasteiger charge is 2.22. The number of benzene rings is 1. The molecule has 1 saturated heterocycles. The number of nitrogens with one attached hydrogen (secondary N) is 1. The molecule has 0 radical (unpaired) electrons. The van der Waals surface area contributed by atoms with Gasteiger partial charge in [0.2, 0.25) is 11.8 Å². The number of nitrogens with zero attached hydrogens (tertiary/aromatic N) is 2. The van der Waals surface area contributed by atoms with Crippen LogP contribution in [0.15, 0.2) is 30.3 Å². The van der Waals surface area contributed by atoms with E-state index in [2.05, 4.69) is 5.32 Å². The second kappa shape index (κ2) is 8.35. The Kier molecular flexibility index (Phi) is 6.19. The molecular formula is C17H18ClN3O2. The number of nitriles is 1. The first kappa shape index (κ1) is 17.0. The predicted molar refractivity (Wildman–Crippen MR) is 88.5 cm³/mol. The molecule has 1 fully saturated rings. The summed E-state index contributed by atoms with van der Waals surface area (Å²) in [6.07, 6.45) is 4.52. The highest BCUT2D eigenvalue weighted by Crippen LogP contribution is 2.13. The van der Waals surface area contributed by atoms with E-state index in [1.807, 2.05) is 18.2 Å². The van der Waals surface area contributed by atoms with Crippen LogP contribution in [0, 0.1) is 11.3 Å². The van der Waals surface area contributed by atoms with Gasteiger partial charge in [0.1, 0.15) is 6.42 Å². The molecule has 23 heavy (non-hydrogen) atoms. The molecule has 120 valence electrons. The molecule has 0 unspecified atom stereocenters. The van der Waals surface area contributed by atoms with Crippen molar-refractivity contribution >= 4 is 29.5 Å². The van der Waals surface area contributed by atoms with E-state index in [0.717, 1.165) is 5.56 Å². The number of carbonyl (C=O) groups is 2. The van der Waals surface area contributed by atoms with Gasteiger partial charge in [-0.25, -0.2) is 0 Å². The summed E-state index contributed by atoms with van der Waals surface area (Å²) in [4.78, 5) is 25.2. The van der Waals surface area contributed by atoms with Crippen LogP contribution in [-0.4, -0.2) is 35.8 Å². The maximum Gasteiger partial charge on any atom is 0.244 e. The van der Waals surface area contributed by atoms with Crippen molar-refractivity contribution in [3.05, 3.63) is 40.9 Å². The topological polar surface area (TPSA) is 73.2 Å². The largest absolute Gasteiger partial charge is 0.350 e. The highest BCUT2D eigenvalue weighted by molar-refractivity contribution is 6.30. The Hall–Kier alpha value is -2.32. The van der Waals surface area contributed by atoms with Gasteiger partial charge in [-0.05, 0) is 36.6 Å². The lowest BCUT2D eigenvalue weighted by molar-refractivity contribution is -0.131. The molecule has 0 atom stereocenters. The van der Waals surface area contributed by atoms with Gasteiger partial charge in [0.05, 0.1) is 6.07 Å². The molecule has 0 aliphatic carbocycles. The second-order valence-electron chi connectivity index (χ2n) is 5.39. The summed E-state index contributed by atoms with van der Waals surface area (Å²) in [7, 11) is 0. The molecule has 1 aliphatic rings. The minimum atomic E-state index is -0.160. The summed E-state index contributed by atoms with van der Waals surface area (Å²) in [5, 5.41) is 12.1. The van der Waals surface area contributed by atoms with Gasteiger partial charge in [-0.1, -0.05) is 23.7 Å². The van der Waals surface area contributed by atoms with Crippen LogP contribution in [0.2, 0.25) is 5.02 Å². The van der Waals surface area contributed by atoms with E-state index >= 15 is 0 Å². The number of amides is 2. The average molecular weight is 332 g/mol. The van der Waals surface area contributed by atoms with Crippen LogP contribution in [0.3, 0.4) is 0 Å². The Morgan fingerprint density at radius 2 is 2.13 bits per heavy atom. The van der Waals surface area contributed by atoms with Crippen LogP contribution < -0.4 is 5.32 Å². The summed E-state index contributed by atoms with van der Waals surface area (Å²) in [5.74, 6) is -0.301. The number of hydrogen-bond acceptors (Lipinski definition) is 3. The SMILES string of the molecule is N#CCC(=O)N1CCC(NC(=O)/C=C/c2cccc(Cl)c2)CC1. The molecule has 0 saturated carbocycles. The van der Waals surface area contributed by atoms with Crippen molar-refractivity contribution in [3.63, 3.8) is 0 Å². The van der Waals surface area contributed by atoms with Crippen LogP contribution in [-0.2, 0) is 9.59 Å². The number of hydrogen-bond donors (Lipinski definition) is 1. The van der Waals surface area contributed by atoms with E-state index in [4.69, 9.17) is 16.9 Å². The lowest BCUT2D eigenvalue weighted by atomic mass is 10.0. The predicted octanol–water partition coefficient (Wildman–Crippen LogP) is 2.37. The van der Waals surface area contributed by atoms with Crippen molar-refractivity contribution in [2.24, 2.45) is 0 Å². The van der Waals surface area contributed by atoms with Crippen LogP contribution >= 0.6 is 11.6 Å². The molecule has 6 heteroatoms. The zero-order valence-corrected chi connectivity index (χ0v) is 13.4. The van der Waals surface area contributed by atoms with E-state index in [1.165, 1.54) is 6.08 Å². The summed E-state index contributed by atoms with van der Waals surface area (Å²) >= 11 is 5.89. The molecule has 2 amide bonds. The van der Waals surface area contributed by atoms with Crippen molar-refractivity contribution in [3.8, 4) is 6.07 Å². The highest BCUT2D eigenvalue weighted by atomic mass is 35.5. The van der Waals surface area contributed by atoms with Gasteiger partial charge in [-0.15, -0.1) is 0 Å². The molecule has 1 aliphatic heterocycles. The lowest BCUT2D eigenvalue weighted by Crippen LogP contribution is -2.46. The Balaban J connectivity index is 1.79. The Morgan fingerprint density at radius 3 is 2.78 bits per heavy atom. The van der Waals surface area contributed by atoms with Crippen molar-refractivity contribution in [2.45, 2.75) is 25.3 Å². The van der Waals surface area contributed by atoms with Gasteiger partial charge >= 0.3 is 0 Å². The summed E-state index contributed by atoms with van der Waals surface area (Å²) in [6.45, 7) is 1.15. The molecule has 1 aromatic carbocycles. The molecule has 1 heterocycles. The maximum atomic E-state index is 11.9. The minimum absolute atomic E-state index is 0.0534. The minimum Gasteiger partial charge on any atom is -0.350 e. The number of halogens is 1. The molecule has 0 bridgehead atoms. The summed E-state index contributed by atoms with van der Waals surface area (Å²) in [5.41, 5.74) is 0.865. The van der Waals surface area contributed by atoms with Crippen LogP contribution in [0.25, 0.3) is 6.08 Å². The van der Waals surface area contributed by atoms with E-state index in [0.29, 0.717) is 31.0 Å². The van der Waals surface area contributed by atoms with Gasteiger partial charge in [-0.3, -0.25) is 9.59 Å². The Labute approximate surface area is 140 Å². The number of piperidine rings is 1. The molecule has 1 aromatic rings. The molecule has 0 aromatic heterocycles. The van der Waals surface area contributed by atoms with E-state index in [1.54, 1.807) is 23.1 Å². The first-order valence-corrected chi connectivity index (χ1v) is 7.85. The molecular weight excluding hydrogens is 314 g/mol. The van der Waals surface area contributed by atoms with E-state index in [9.17, 15) is 9.59 Å². The average Bonchev–Trinajstić information content (AvgIpc) is 2.54. The summed E-state index contributed by atoms with van der Waals surface area (Å²) in [6, 6.07) is 9.18. The van der Waals surface area contributed by atoms with Crippen LogP contribution in [0.4, 0.5) is 0 Å². The van der Waals surface area contributed by atoms with Crippen LogP contribution in [0.5, 0.6) is 0 Å². The van der Waals surface area contributed by atoms with Crippen molar-refractivity contribution < 1.29 is 9.59 Å². The number of likely N-dealkylation sites (tertiary alicyclic amines) is 1. The third-order valence-electron chi connectivity index (χ3n) is 3.70. The second-order valence-corrected chi connectivity index (χ2v) is 5.82. The van der Waals surface area contributed by atoms with Crippen molar-refractivity contribution in [2.75, 3.05) is 13.1 Å². The first-order chi connectivity index (χ1) is 11.1. The molecule has 1 N–H and O–H groups in total. The third kappa shape index (κ3) is 5.42. The molecule has 5 nitrogen and oxygen atoms in total. The van der Waals surface area contributed by atoms with Gasteiger partial charge < -0.3 is 10.2 Å². The maximum absolute atomic E-state index is 11.9. The quantitative estimate of drug-likeness (QED) is 0.861. The van der Waals surface area contributed by atoms with E-state index < -0.39 is 0 Å². The zero-order valence-electron chi connectivity index (χ0n) is 12.7. The first-order valence-electron chi connectivity index (χ1n) is 7.47. The van der Waals surface area contributed by atoms with Crippen LogP contribution in [0.1, 0.15) is 24.8 Å². The van der Waals surface area contributed by atoms with E-state index in [-0.39, 0.29) is 24.3 Å². The fourth-order valence-electron chi connectivity index (χ4n) is 2.48. The van der Waals surface area contributed by atoms with Gasteiger partial charge in [0.25, 0.3) is 0 Å². The summed E-state index contributed by atoms with van der Waals surface area (Å²) < 4.78 is 0. The third-order valence-corrected chi connectivity index (χ3v) is 3.94. The normalized spacial score (nSPS) is 15.4. The van der Waals surface area contributed by atoms with Crippen molar-refractivity contribution in [1.29, 1.82) is 5.26 Å². The fourth-order valence-corrected chi connectivity index (χ4v) is 2.68. The van der Waals surface area contributed by atoms with Gasteiger partial charge in [0, 0.05) is 30.2 Å². The van der Waals surface area contributed by atoms with Gasteiger partial charge in [0.15, 0.2) is 0 Å². The zero-order chi connectivity index (χ0) is 16.7. The number of carbonyl (C=O) groups excluding carboxylic acids is 2. The van der Waals surface area contributed by atoms with Gasteiger partial charge in [-0.2, -0.15) is 5.26 Å². The van der Waals surface area contributed by atoms with Crippen molar-refractivity contribution in [1.82, 2.24) is 10.2 Å². The standard InChI is InChI=1S/C17H18ClN3O2/c18-14-3-1-2-13(12-14)4-5-16(22)20-15-7-10-21(11-8-15)17(23)6-9-19/h1-5,12,15H,6-8,10-11H2,(H,20,22)/b5-4+. The Morgan fingerprint density at radius 1 is 1.39 bits per heavy atom. The monoisotopic (exact) mass is 331 g/mol. The lowest BCUT2D eigenvalue weighted by Gasteiger charge is -2.31. The smallest absolute Gasteiger partial charge is 0.244 e. The fraction of sp³-hybridized carbons (Fsp3) is 0.353.